The Balaban J connectivity index is 1.21. The van der Waals surface area contributed by atoms with Gasteiger partial charge in [0.25, 0.3) is 0 Å². The third kappa shape index (κ3) is 4.95. The molecule has 0 amide bonds. The zero-order chi connectivity index (χ0) is 42.6. The van der Waals surface area contributed by atoms with E-state index in [1.165, 1.54) is 0 Å². The second kappa shape index (κ2) is 11.6. The summed E-state index contributed by atoms with van der Waals surface area (Å²) in [7, 11) is 0. The molecule has 0 aliphatic heterocycles. The second-order valence-corrected chi connectivity index (χ2v) is 12.6. The third-order valence-electron chi connectivity index (χ3n) is 8.51. The summed E-state index contributed by atoms with van der Waals surface area (Å²) < 4.78 is 103. The van der Waals surface area contributed by atoms with E-state index in [0.717, 1.165) is 33.2 Å². The molecule has 3 aromatic heterocycles. The second-order valence-electron chi connectivity index (χ2n) is 11.6. The van der Waals surface area contributed by atoms with Gasteiger partial charge in [0, 0.05) is 47.6 Å². The van der Waals surface area contributed by atoms with Crippen LogP contribution in [0.5, 0.6) is 0 Å². The van der Waals surface area contributed by atoms with Crippen molar-refractivity contribution in [2.45, 2.75) is 0 Å². The van der Waals surface area contributed by atoms with E-state index >= 15 is 0 Å². The number of rotatable bonds is 5. The van der Waals surface area contributed by atoms with Gasteiger partial charge in [0.1, 0.15) is 11.2 Å². The molecule has 0 N–H and O–H groups in total. The van der Waals surface area contributed by atoms with E-state index in [4.69, 9.17) is 29.0 Å². The van der Waals surface area contributed by atoms with Crippen LogP contribution in [-0.4, -0.2) is 15.0 Å². The van der Waals surface area contributed by atoms with Gasteiger partial charge >= 0.3 is 0 Å². The van der Waals surface area contributed by atoms with E-state index in [1.807, 2.05) is 97.1 Å². The molecule has 0 bridgehead atoms. The van der Waals surface area contributed by atoms with E-state index in [9.17, 15) is 5.48 Å². The third-order valence-corrected chi connectivity index (χ3v) is 9.53. The molecule has 234 valence electrons. The quantitative estimate of drug-likeness (QED) is 0.183. The molecule has 7 aromatic carbocycles. The summed E-state index contributed by atoms with van der Waals surface area (Å²) in [6.07, 6.45) is 0. The predicted octanol–water partition coefficient (Wildman–Crippen LogP) is 12.5. The van der Waals surface area contributed by atoms with Gasteiger partial charge in [-0.1, -0.05) is 127 Å². The molecule has 0 saturated carbocycles. The van der Waals surface area contributed by atoms with Gasteiger partial charge in [-0.05, 0) is 58.6 Å². The molecule has 0 unspecified atom stereocenters. The molecule has 0 atom stereocenters. The Morgan fingerprint density at radius 2 is 1.08 bits per heavy atom. The molecule has 0 spiro atoms. The first-order valence-electron chi connectivity index (χ1n) is 21.2. The molecular formula is C45H27N3OS. The summed E-state index contributed by atoms with van der Waals surface area (Å²) in [6, 6.07) is 25.1. The monoisotopic (exact) mass is 668 g/mol. The maximum atomic E-state index is 9.54. The Hall–Kier alpha value is -6.43. The molecular weight excluding hydrogens is 631 g/mol. The van der Waals surface area contributed by atoms with Gasteiger partial charge in [-0.2, -0.15) is 0 Å². The van der Waals surface area contributed by atoms with Crippen LogP contribution in [-0.2, 0) is 0 Å². The summed E-state index contributed by atoms with van der Waals surface area (Å²) in [6.45, 7) is 0. The summed E-state index contributed by atoms with van der Waals surface area (Å²) in [5.74, 6) is 0.410. The van der Waals surface area contributed by atoms with Gasteiger partial charge in [-0.15, -0.1) is 11.3 Å². The molecule has 0 aliphatic rings. The van der Waals surface area contributed by atoms with Crippen molar-refractivity contribution in [1.29, 1.82) is 0 Å². The van der Waals surface area contributed by atoms with Crippen LogP contribution < -0.4 is 0 Å². The number of fused-ring (bicyclic) bond motifs is 6. The SMILES string of the molecule is [2H]c1c([2H])c([2H])c(-c2c([2H])c([2H])c3sc4c([2H])c(-c5nc(-c6ccc(-c7ccccc7)cc6)nc(-c6ccc7c(c6)oc6ccccc67)n5)c([2H])c([2H])c4c3c2[2H])c([2H])c1[2H]. The van der Waals surface area contributed by atoms with Crippen molar-refractivity contribution < 1.29 is 19.5 Å². The van der Waals surface area contributed by atoms with Gasteiger partial charge in [-0.3, -0.25) is 0 Å². The molecule has 50 heavy (non-hydrogen) atoms. The van der Waals surface area contributed by atoms with Gasteiger partial charge in [0.05, 0.1) is 15.1 Å². The summed E-state index contributed by atoms with van der Waals surface area (Å²) in [5.41, 5.74) is 3.63. The van der Waals surface area contributed by atoms with Crippen LogP contribution in [0.25, 0.3) is 98.5 Å². The molecule has 0 aliphatic carbocycles. The van der Waals surface area contributed by atoms with E-state index in [1.54, 1.807) is 0 Å². The standard InChI is InChI=1S/C45H27N3OS/c1-3-9-28(10-4-1)30-15-17-31(18-16-30)43-46-44(33-19-22-36-35-13-7-8-14-39(35)49-40(36)26-33)48-45(47-43)34-20-23-37-38-25-32(29-11-5-2-6-12-29)21-24-41(38)50-42(37)27-34/h1-27H/i2D,5D,6D,11D,12D,20D,21D,23D,24D,25D,27D. The minimum absolute atomic E-state index is 0.00722. The van der Waals surface area contributed by atoms with Crippen molar-refractivity contribution in [3.63, 3.8) is 0 Å². The Morgan fingerprint density at radius 1 is 0.420 bits per heavy atom. The Bertz CT molecular complexity index is 3470. The average molecular weight is 669 g/mol. The van der Waals surface area contributed by atoms with Gasteiger partial charge in [0.2, 0.25) is 0 Å². The molecule has 4 nitrogen and oxygen atoms in total. The first kappa shape index (κ1) is 19.5. The number of furan rings is 1. The van der Waals surface area contributed by atoms with Crippen LogP contribution in [0.4, 0.5) is 0 Å². The number of aromatic nitrogens is 3. The van der Waals surface area contributed by atoms with Crippen molar-refractivity contribution in [2.24, 2.45) is 0 Å². The van der Waals surface area contributed by atoms with Crippen molar-refractivity contribution in [3.05, 3.63) is 164 Å². The Kier molecular flexibility index (Phi) is 4.54. The van der Waals surface area contributed by atoms with E-state index < -0.39 is 66.0 Å². The number of benzene rings is 7. The predicted molar refractivity (Wildman–Crippen MR) is 207 cm³/mol. The highest BCUT2D eigenvalue weighted by Crippen LogP contribution is 2.39. The number of para-hydroxylation sites is 1. The molecule has 10 rings (SSSR count). The minimum Gasteiger partial charge on any atom is -0.456 e. The first-order chi connectivity index (χ1) is 29.3. The highest BCUT2D eigenvalue weighted by atomic mass is 32.1. The molecule has 0 fully saturated rings. The van der Waals surface area contributed by atoms with Crippen LogP contribution in [0.1, 0.15) is 15.1 Å². The molecule has 3 heterocycles. The largest absolute Gasteiger partial charge is 0.456 e. The fraction of sp³-hybridized carbons (Fsp3) is 0. The van der Waals surface area contributed by atoms with Crippen LogP contribution in [0.15, 0.2) is 168 Å². The number of nitrogens with zero attached hydrogens (tertiary/aromatic N) is 3. The Labute approximate surface area is 307 Å². The lowest BCUT2D eigenvalue weighted by atomic mass is 10.0. The smallest absolute Gasteiger partial charge is 0.164 e. The van der Waals surface area contributed by atoms with Crippen LogP contribution in [0, 0.1) is 0 Å². The molecule has 10 aromatic rings. The van der Waals surface area contributed by atoms with E-state index in [2.05, 4.69) is 0 Å². The lowest BCUT2D eigenvalue weighted by molar-refractivity contribution is 0.669. The number of hydrogen-bond donors (Lipinski definition) is 0. The first-order valence-corrected chi connectivity index (χ1v) is 16.5. The van der Waals surface area contributed by atoms with E-state index in [0.29, 0.717) is 22.3 Å². The van der Waals surface area contributed by atoms with Crippen LogP contribution in [0.3, 0.4) is 0 Å². The Morgan fingerprint density at radius 3 is 1.92 bits per heavy atom. The lowest BCUT2D eigenvalue weighted by Crippen LogP contribution is -2.00. The fourth-order valence-corrected chi connectivity index (χ4v) is 7.03. The maximum absolute atomic E-state index is 9.54. The maximum Gasteiger partial charge on any atom is 0.164 e. The normalized spacial score (nSPS) is 14.7. The van der Waals surface area contributed by atoms with Gasteiger partial charge in [0.15, 0.2) is 17.5 Å². The summed E-state index contributed by atoms with van der Waals surface area (Å²) >= 11 is 0.900. The van der Waals surface area contributed by atoms with E-state index in [-0.39, 0.29) is 54.8 Å². The molecule has 0 radical (unpaired) electrons. The minimum atomic E-state index is -0.662. The van der Waals surface area contributed by atoms with Crippen LogP contribution in [0.2, 0.25) is 0 Å². The summed E-state index contributed by atoms with van der Waals surface area (Å²) in [5, 5.41) is 1.80. The van der Waals surface area contributed by atoms with Crippen LogP contribution >= 0.6 is 11.3 Å². The molecule has 5 heteroatoms. The van der Waals surface area contributed by atoms with Crippen molar-refractivity contribution >= 4 is 53.4 Å². The highest BCUT2D eigenvalue weighted by Gasteiger charge is 2.16. The van der Waals surface area contributed by atoms with Crippen molar-refractivity contribution in [2.75, 3.05) is 0 Å². The van der Waals surface area contributed by atoms with Crippen molar-refractivity contribution in [1.82, 2.24) is 15.0 Å². The highest BCUT2D eigenvalue weighted by molar-refractivity contribution is 7.25. The average Bonchev–Trinajstić information content (AvgIpc) is 3.87. The van der Waals surface area contributed by atoms with Crippen molar-refractivity contribution in [3.8, 4) is 56.4 Å². The number of hydrogen-bond acceptors (Lipinski definition) is 5. The number of thiophene rings is 1. The zero-order valence-corrected chi connectivity index (χ0v) is 26.7. The topological polar surface area (TPSA) is 51.8 Å². The lowest BCUT2D eigenvalue weighted by Gasteiger charge is -2.09. The zero-order valence-electron chi connectivity index (χ0n) is 36.9. The van der Waals surface area contributed by atoms with Gasteiger partial charge in [-0.25, -0.2) is 15.0 Å². The molecule has 0 saturated heterocycles. The van der Waals surface area contributed by atoms with Gasteiger partial charge < -0.3 is 4.42 Å². The fourth-order valence-electron chi connectivity index (χ4n) is 6.06. The summed E-state index contributed by atoms with van der Waals surface area (Å²) in [4.78, 5) is 14.5.